The molecule has 0 heterocycles. The molecular weight excluding hydrogens is 300 g/mol. The minimum atomic E-state index is 1.19. The van der Waals surface area contributed by atoms with Crippen molar-refractivity contribution in [3.05, 3.63) is 72.3 Å². The summed E-state index contributed by atoms with van der Waals surface area (Å²) in [7, 11) is 0. The van der Waals surface area contributed by atoms with E-state index in [9.17, 15) is 0 Å². The monoisotopic (exact) mass is 326 g/mol. The van der Waals surface area contributed by atoms with E-state index >= 15 is 0 Å². The zero-order valence-electron chi connectivity index (χ0n) is 15.1. The average molecular weight is 326 g/mol. The van der Waals surface area contributed by atoms with Gasteiger partial charge in [0.2, 0.25) is 0 Å². The van der Waals surface area contributed by atoms with Crippen LogP contribution in [-0.4, -0.2) is 0 Å². The zero-order valence-corrected chi connectivity index (χ0v) is 15.1. The molecule has 0 aliphatic heterocycles. The summed E-state index contributed by atoms with van der Waals surface area (Å²) in [6.07, 6.45) is 7.90. The third kappa shape index (κ3) is 3.26. The Morgan fingerprint density at radius 2 is 1.28 bits per heavy atom. The minimum absolute atomic E-state index is 1.19. The molecule has 4 aromatic carbocycles. The molecule has 4 rings (SSSR count). The van der Waals surface area contributed by atoms with Crippen LogP contribution in [0.1, 0.15) is 44.6 Å². The Balaban J connectivity index is 1.74. The highest BCUT2D eigenvalue weighted by Crippen LogP contribution is 2.31. The summed E-state index contributed by atoms with van der Waals surface area (Å²) in [4.78, 5) is 0. The molecule has 25 heavy (non-hydrogen) atoms. The fraction of sp³-hybridized carbons (Fsp3) is 0.280. The Kier molecular flexibility index (Phi) is 4.70. The fourth-order valence-electron chi connectivity index (χ4n) is 3.98. The second-order valence-electron chi connectivity index (χ2n) is 7.16. The lowest BCUT2D eigenvalue weighted by Crippen LogP contribution is -1.89. The van der Waals surface area contributed by atoms with Crippen molar-refractivity contribution >= 4 is 32.3 Å². The van der Waals surface area contributed by atoms with Crippen molar-refractivity contribution in [3.8, 4) is 0 Å². The first-order chi connectivity index (χ1) is 12.4. The van der Waals surface area contributed by atoms with E-state index < -0.39 is 0 Å². The number of unbranched alkanes of at least 4 members (excludes halogenated alkanes) is 4. The number of aryl methyl sites for hydroxylation is 1. The van der Waals surface area contributed by atoms with Gasteiger partial charge in [-0.3, -0.25) is 0 Å². The first-order valence-electron chi connectivity index (χ1n) is 9.70. The molecule has 0 aromatic heterocycles. The van der Waals surface area contributed by atoms with E-state index in [1.54, 1.807) is 0 Å². The van der Waals surface area contributed by atoms with E-state index in [-0.39, 0.29) is 0 Å². The van der Waals surface area contributed by atoms with E-state index in [1.807, 2.05) is 0 Å². The third-order valence-corrected chi connectivity index (χ3v) is 5.38. The Morgan fingerprint density at radius 3 is 2.20 bits per heavy atom. The lowest BCUT2D eigenvalue weighted by Gasteiger charge is -2.10. The molecule has 0 aliphatic carbocycles. The summed E-state index contributed by atoms with van der Waals surface area (Å²) in [6.45, 7) is 2.28. The molecule has 0 radical (unpaired) electrons. The van der Waals surface area contributed by atoms with Crippen molar-refractivity contribution in [2.45, 2.75) is 45.4 Å². The van der Waals surface area contributed by atoms with E-state index in [4.69, 9.17) is 0 Å². The first-order valence-corrected chi connectivity index (χ1v) is 9.70. The van der Waals surface area contributed by atoms with Gasteiger partial charge in [-0.2, -0.15) is 0 Å². The molecular formula is C25H26. The van der Waals surface area contributed by atoms with Crippen LogP contribution in [0.2, 0.25) is 0 Å². The first kappa shape index (κ1) is 16.1. The molecule has 0 N–H and O–H groups in total. The largest absolute Gasteiger partial charge is 0.0654 e. The zero-order chi connectivity index (χ0) is 17.1. The highest BCUT2D eigenvalue weighted by atomic mass is 14.1. The van der Waals surface area contributed by atoms with E-state index in [0.29, 0.717) is 0 Å². The van der Waals surface area contributed by atoms with E-state index in [0.717, 1.165) is 0 Å². The van der Waals surface area contributed by atoms with Crippen molar-refractivity contribution < 1.29 is 0 Å². The van der Waals surface area contributed by atoms with E-state index in [2.05, 4.69) is 73.7 Å². The normalized spacial score (nSPS) is 11.6. The SMILES string of the molecule is CCCCCCCc1cccc2cc3c(ccc4ccccc43)cc12. The summed E-state index contributed by atoms with van der Waals surface area (Å²) in [5.41, 5.74) is 1.50. The molecule has 0 fully saturated rings. The summed E-state index contributed by atoms with van der Waals surface area (Å²) < 4.78 is 0. The molecule has 0 saturated carbocycles. The molecule has 0 amide bonds. The lowest BCUT2D eigenvalue weighted by molar-refractivity contribution is 0.633. The molecule has 0 saturated heterocycles. The van der Waals surface area contributed by atoms with Crippen LogP contribution in [0.5, 0.6) is 0 Å². The number of benzene rings is 4. The predicted molar refractivity (Wildman–Crippen MR) is 111 cm³/mol. The van der Waals surface area contributed by atoms with Crippen LogP contribution in [0, 0.1) is 0 Å². The van der Waals surface area contributed by atoms with Gasteiger partial charge in [0.15, 0.2) is 0 Å². The standard InChI is InChI=1S/C25H26/c1-2-3-4-5-6-10-19-12-9-13-21-18-25-22(17-24(19)21)16-15-20-11-7-8-14-23(20)25/h7-9,11-18H,2-6,10H2,1H3. The highest BCUT2D eigenvalue weighted by Gasteiger charge is 2.06. The highest BCUT2D eigenvalue weighted by molar-refractivity contribution is 6.12. The molecule has 0 spiro atoms. The van der Waals surface area contributed by atoms with Crippen molar-refractivity contribution in [3.63, 3.8) is 0 Å². The van der Waals surface area contributed by atoms with Gasteiger partial charge >= 0.3 is 0 Å². The Bertz CT molecular complexity index is 1010. The molecule has 0 atom stereocenters. The van der Waals surface area contributed by atoms with Crippen LogP contribution >= 0.6 is 0 Å². The van der Waals surface area contributed by atoms with Crippen LogP contribution in [0.25, 0.3) is 32.3 Å². The maximum absolute atomic E-state index is 2.40. The maximum atomic E-state index is 2.40. The third-order valence-electron chi connectivity index (χ3n) is 5.38. The van der Waals surface area contributed by atoms with Gasteiger partial charge in [0.1, 0.15) is 0 Å². The second kappa shape index (κ2) is 7.27. The van der Waals surface area contributed by atoms with Crippen molar-refractivity contribution in [2.75, 3.05) is 0 Å². The number of hydrogen-bond acceptors (Lipinski definition) is 0. The van der Waals surface area contributed by atoms with Crippen molar-refractivity contribution in [1.82, 2.24) is 0 Å². The minimum Gasteiger partial charge on any atom is -0.0654 e. The Labute approximate surface area is 150 Å². The molecule has 126 valence electrons. The Hall–Kier alpha value is -2.34. The predicted octanol–water partition coefficient (Wildman–Crippen LogP) is 7.66. The summed E-state index contributed by atoms with van der Waals surface area (Å²) in [5.74, 6) is 0. The van der Waals surface area contributed by atoms with Crippen molar-refractivity contribution in [1.29, 1.82) is 0 Å². The number of fused-ring (bicyclic) bond motifs is 4. The molecule has 0 heteroatoms. The van der Waals surface area contributed by atoms with Gasteiger partial charge in [0, 0.05) is 0 Å². The van der Waals surface area contributed by atoms with Gasteiger partial charge < -0.3 is 0 Å². The maximum Gasteiger partial charge on any atom is -0.00990 e. The Morgan fingerprint density at radius 1 is 0.560 bits per heavy atom. The van der Waals surface area contributed by atoms with Crippen LogP contribution in [0.3, 0.4) is 0 Å². The summed E-state index contributed by atoms with van der Waals surface area (Å²) in [5, 5.41) is 8.19. The van der Waals surface area contributed by atoms with Gasteiger partial charge in [0.05, 0.1) is 0 Å². The van der Waals surface area contributed by atoms with Gasteiger partial charge in [-0.1, -0.05) is 87.2 Å². The van der Waals surface area contributed by atoms with Gasteiger partial charge in [-0.15, -0.1) is 0 Å². The van der Waals surface area contributed by atoms with Crippen LogP contribution in [0.4, 0.5) is 0 Å². The molecule has 4 aromatic rings. The quantitative estimate of drug-likeness (QED) is 0.194. The van der Waals surface area contributed by atoms with Gasteiger partial charge in [0.25, 0.3) is 0 Å². The van der Waals surface area contributed by atoms with E-state index in [1.165, 1.54) is 76.4 Å². The van der Waals surface area contributed by atoms with Gasteiger partial charge in [-0.25, -0.2) is 0 Å². The van der Waals surface area contributed by atoms with Gasteiger partial charge in [-0.05, 0) is 62.9 Å². The topological polar surface area (TPSA) is 0 Å². The average Bonchev–Trinajstić information content (AvgIpc) is 2.66. The molecule has 0 aliphatic rings. The molecule has 0 bridgehead atoms. The fourth-order valence-corrected chi connectivity index (χ4v) is 3.98. The van der Waals surface area contributed by atoms with Crippen LogP contribution in [0.15, 0.2) is 66.7 Å². The smallest absolute Gasteiger partial charge is 0.00990 e. The number of hydrogen-bond donors (Lipinski definition) is 0. The number of rotatable bonds is 6. The van der Waals surface area contributed by atoms with Crippen LogP contribution < -0.4 is 0 Å². The summed E-state index contributed by atoms with van der Waals surface area (Å²) >= 11 is 0. The molecule has 0 unspecified atom stereocenters. The molecule has 0 nitrogen and oxygen atoms in total. The van der Waals surface area contributed by atoms with Crippen molar-refractivity contribution in [2.24, 2.45) is 0 Å². The lowest BCUT2D eigenvalue weighted by atomic mass is 9.94. The second-order valence-corrected chi connectivity index (χ2v) is 7.16. The van der Waals surface area contributed by atoms with Crippen LogP contribution in [-0.2, 0) is 6.42 Å². The summed E-state index contributed by atoms with van der Waals surface area (Å²) in [6, 6.07) is 24.8.